The normalized spacial score (nSPS) is 10.7. The Labute approximate surface area is 183 Å². The van der Waals surface area contributed by atoms with E-state index in [1.807, 2.05) is 44.2 Å². The highest BCUT2D eigenvalue weighted by molar-refractivity contribution is 7.99. The Balaban J connectivity index is 1.90. The molecule has 0 saturated carbocycles. The summed E-state index contributed by atoms with van der Waals surface area (Å²) >= 11 is 2.72. The Morgan fingerprint density at radius 1 is 1.37 bits per heavy atom. The molecule has 0 aliphatic heterocycles. The Hall–Kier alpha value is -2.89. The molecule has 6 nitrogen and oxygen atoms in total. The standard InChI is InChI=1S/C22H22N4O2S2/c1-4-12-26-21(28)19-15(2)16(3)30-20(19)24-22(26)29-14-18(27)25(13-8-11-23)17-9-6-5-7-10-17/h4-7,9-10H,1,8,12-14H2,2-3H3. The summed E-state index contributed by atoms with van der Waals surface area (Å²) in [7, 11) is 0. The second-order valence-corrected chi connectivity index (χ2v) is 8.79. The zero-order valence-electron chi connectivity index (χ0n) is 16.9. The first kappa shape index (κ1) is 21.8. The van der Waals surface area contributed by atoms with Crippen LogP contribution in [0.25, 0.3) is 10.2 Å². The number of nitriles is 1. The Morgan fingerprint density at radius 2 is 2.10 bits per heavy atom. The number of aryl methyl sites for hydroxylation is 2. The fourth-order valence-corrected chi connectivity index (χ4v) is 5.04. The van der Waals surface area contributed by atoms with Crippen molar-refractivity contribution in [3.05, 3.63) is 63.8 Å². The van der Waals surface area contributed by atoms with Gasteiger partial charge in [-0.25, -0.2) is 4.98 Å². The van der Waals surface area contributed by atoms with E-state index in [1.165, 1.54) is 23.1 Å². The van der Waals surface area contributed by atoms with Crippen LogP contribution in [0.3, 0.4) is 0 Å². The van der Waals surface area contributed by atoms with Gasteiger partial charge in [-0.3, -0.25) is 14.2 Å². The number of rotatable bonds is 8. The summed E-state index contributed by atoms with van der Waals surface area (Å²) in [6.07, 6.45) is 1.89. The number of carbonyl (C=O) groups excluding carboxylic acids is 1. The first-order valence-electron chi connectivity index (χ1n) is 9.44. The van der Waals surface area contributed by atoms with E-state index in [0.717, 1.165) is 16.1 Å². The smallest absolute Gasteiger partial charge is 0.263 e. The Bertz CT molecular complexity index is 1180. The highest BCUT2D eigenvalue weighted by Gasteiger charge is 2.20. The van der Waals surface area contributed by atoms with Crippen LogP contribution in [0.4, 0.5) is 5.69 Å². The van der Waals surface area contributed by atoms with Gasteiger partial charge in [-0.05, 0) is 31.5 Å². The predicted octanol–water partition coefficient (Wildman–Crippen LogP) is 4.30. The first-order valence-corrected chi connectivity index (χ1v) is 11.2. The number of fused-ring (bicyclic) bond motifs is 1. The van der Waals surface area contributed by atoms with Gasteiger partial charge in [-0.15, -0.1) is 17.9 Å². The summed E-state index contributed by atoms with van der Waals surface area (Å²) in [5.74, 6) is -0.0295. The van der Waals surface area contributed by atoms with Gasteiger partial charge in [0.2, 0.25) is 5.91 Å². The number of anilines is 1. The van der Waals surface area contributed by atoms with E-state index in [0.29, 0.717) is 28.5 Å². The van der Waals surface area contributed by atoms with Crippen molar-refractivity contribution in [2.45, 2.75) is 32.0 Å². The largest absolute Gasteiger partial charge is 0.311 e. The second-order valence-electron chi connectivity index (χ2n) is 6.64. The van der Waals surface area contributed by atoms with E-state index in [9.17, 15) is 9.59 Å². The third-order valence-corrected chi connectivity index (χ3v) is 6.77. The number of aromatic nitrogens is 2. The fourth-order valence-electron chi connectivity index (χ4n) is 3.08. The van der Waals surface area contributed by atoms with Gasteiger partial charge in [0.25, 0.3) is 5.56 Å². The molecule has 0 aliphatic rings. The van der Waals surface area contributed by atoms with Crippen LogP contribution >= 0.6 is 23.1 Å². The van der Waals surface area contributed by atoms with Crippen molar-refractivity contribution in [2.24, 2.45) is 0 Å². The molecule has 0 fully saturated rings. The summed E-state index contributed by atoms with van der Waals surface area (Å²) in [6.45, 7) is 8.28. The lowest BCUT2D eigenvalue weighted by Gasteiger charge is -2.21. The highest BCUT2D eigenvalue weighted by atomic mass is 32.2. The third kappa shape index (κ3) is 4.48. The van der Waals surface area contributed by atoms with Crippen LogP contribution in [0, 0.1) is 25.2 Å². The number of thioether (sulfide) groups is 1. The summed E-state index contributed by atoms with van der Waals surface area (Å²) in [5.41, 5.74) is 1.58. The van der Waals surface area contributed by atoms with Crippen LogP contribution in [0.2, 0.25) is 0 Å². The molecule has 0 spiro atoms. The van der Waals surface area contributed by atoms with Gasteiger partial charge in [-0.1, -0.05) is 36.0 Å². The van der Waals surface area contributed by atoms with Crippen LogP contribution < -0.4 is 10.5 Å². The van der Waals surface area contributed by atoms with Gasteiger partial charge in [0.15, 0.2) is 5.16 Å². The van der Waals surface area contributed by atoms with Gasteiger partial charge in [0.1, 0.15) is 4.83 Å². The van der Waals surface area contributed by atoms with Crippen LogP contribution in [-0.2, 0) is 11.3 Å². The molecule has 0 atom stereocenters. The number of hydrogen-bond donors (Lipinski definition) is 0. The molecule has 0 unspecified atom stereocenters. The molecule has 3 rings (SSSR count). The van der Waals surface area contributed by atoms with Crippen LogP contribution in [0.15, 0.2) is 52.9 Å². The maximum absolute atomic E-state index is 13.1. The maximum Gasteiger partial charge on any atom is 0.263 e. The Kier molecular flexibility index (Phi) is 7.08. The average molecular weight is 439 g/mol. The van der Waals surface area contributed by atoms with Crippen LogP contribution in [0.1, 0.15) is 16.9 Å². The van der Waals surface area contributed by atoms with Crippen molar-refractivity contribution in [3.63, 3.8) is 0 Å². The molecule has 0 saturated heterocycles. The molecule has 2 aromatic heterocycles. The zero-order chi connectivity index (χ0) is 21.7. The van der Waals surface area contributed by atoms with E-state index >= 15 is 0 Å². The monoisotopic (exact) mass is 438 g/mol. The van der Waals surface area contributed by atoms with Crippen molar-refractivity contribution in [3.8, 4) is 6.07 Å². The number of para-hydroxylation sites is 1. The molecular formula is C22H22N4O2S2. The fraction of sp³-hybridized carbons (Fsp3) is 0.273. The predicted molar refractivity (Wildman–Crippen MR) is 123 cm³/mol. The van der Waals surface area contributed by atoms with Crippen LogP contribution in [-0.4, -0.2) is 27.8 Å². The topological polar surface area (TPSA) is 79.0 Å². The minimum atomic E-state index is -0.139. The van der Waals surface area contributed by atoms with E-state index in [4.69, 9.17) is 5.26 Å². The summed E-state index contributed by atoms with van der Waals surface area (Å²) in [4.78, 5) is 34.0. The number of carbonyl (C=O) groups is 1. The number of amides is 1. The molecule has 1 amide bonds. The molecule has 30 heavy (non-hydrogen) atoms. The van der Waals surface area contributed by atoms with Crippen molar-refractivity contribution >= 4 is 44.9 Å². The van der Waals surface area contributed by atoms with Crippen molar-refractivity contribution in [1.82, 2.24) is 9.55 Å². The lowest BCUT2D eigenvalue weighted by molar-refractivity contribution is -0.116. The lowest BCUT2D eigenvalue weighted by Crippen LogP contribution is -2.33. The van der Waals surface area contributed by atoms with Gasteiger partial charge in [0.05, 0.1) is 23.6 Å². The number of hydrogen-bond acceptors (Lipinski definition) is 6. The van der Waals surface area contributed by atoms with Gasteiger partial charge in [-0.2, -0.15) is 5.26 Å². The second kappa shape index (κ2) is 9.74. The minimum absolute atomic E-state index is 0.110. The number of nitrogens with zero attached hydrogens (tertiary/aromatic N) is 4. The van der Waals surface area contributed by atoms with Crippen LogP contribution in [0.5, 0.6) is 0 Å². The van der Waals surface area contributed by atoms with Crippen molar-refractivity contribution in [2.75, 3.05) is 17.2 Å². The highest BCUT2D eigenvalue weighted by Crippen LogP contribution is 2.28. The number of benzene rings is 1. The van der Waals surface area contributed by atoms with E-state index in [-0.39, 0.29) is 23.6 Å². The quantitative estimate of drug-likeness (QED) is 0.298. The Morgan fingerprint density at radius 3 is 2.77 bits per heavy atom. The molecule has 0 N–H and O–H groups in total. The summed E-state index contributed by atoms with van der Waals surface area (Å²) in [5, 5.41) is 10.1. The molecule has 8 heteroatoms. The van der Waals surface area contributed by atoms with Gasteiger partial charge >= 0.3 is 0 Å². The SMILES string of the molecule is C=CCn1c(SCC(=O)N(CCC#N)c2ccccc2)nc2sc(C)c(C)c2c1=O. The van der Waals surface area contributed by atoms with Crippen molar-refractivity contribution < 1.29 is 4.79 Å². The molecular weight excluding hydrogens is 416 g/mol. The summed E-state index contributed by atoms with van der Waals surface area (Å²) < 4.78 is 1.56. The molecule has 3 aromatic rings. The lowest BCUT2D eigenvalue weighted by atomic mass is 10.2. The first-order chi connectivity index (χ1) is 14.5. The average Bonchev–Trinajstić information content (AvgIpc) is 3.03. The molecule has 154 valence electrons. The number of allylic oxidation sites excluding steroid dienone is 1. The molecule has 0 radical (unpaired) electrons. The van der Waals surface area contributed by atoms with Crippen molar-refractivity contribution in [1.29, 1.82) is 5.26 Å². The zero-order valence-corrected chi connectivity index (χ0v) is 18.6. The minimum Gasteiger partial charge on any atom is -0.311 e. The maximum atomic E-state index is 13.1. The molecule has 1 aromatic carbocycles. The van der Waals surface area contributed by atoms with Gasteiger partial charge < -0.3 is 4.90 Å². The molecule has 0 aliphatic carbocycles. The van der Waals surface area contributed by atoms with E-state index in [2.05, 4.69) is 17.6 Å². The van der Waals surface area contributed by atoms with E-state index in [1.54, 1.807) is 15.5 Å². The van der Waals surface area contributed by atoms with Gasteiger partial charge in [0, 0.05) is 23.7 Å². The molecule has 2 heterocycles. The third-order valence-electron chi connectivity index (χ3n) is 4.71. The van der Waals surface area contributed by atoms with E-state index < -0.39 is 0 Å². The summed E-state index contributed by atoms with van der Waals surface area (Å²) in [6, 6.07) is 11.4. The number of thiophene rings is 1. The molecule has 0 bridgehead atoms.